The fraction of sp³-hybridized carbons (Fsp3) is 0.538. The Balaban J connectivity index is 1.15. The number of anilines is 3. The first-order valence-electron chi connectivity index (χ1n) is 18.6. The van der Waals surface area contributed by atoms with E-state index in [-0.39, 0.29) is 35.7 Å². The molecule has 4 aliphatic rings. The van der Waals surface area contributed by atoms with Crippen LogP contribution in [-0.4, -0.2) is 73.5 Å². The number of likely N-dealkylation sites (tertiary alicyclic amines) is 1. The molecule has 14 heteroatoms. The minimum absolute atomic E-state index is 0.0685. The molecular formula is C39H45ClF4N8O. The van der Waals surface area contributed by atoms with Crippen LogP contribution < -0.4 is 15.5 Å². The van der Waals surface area contributed by atoms with Crippen molar-refractivity contribution in [3.8, 4) is 11.3 Å². The Morgan fingerprint density at radius 3 is 2.38 bits per heavy atom. The zero-order chi connectivity index (χ0) is 37.6. The summed E-state index contributed by atoms with van der Waals surface area (Å²) in [6, 6.07) is 5.31. The van der Waals surface area contributed by atoms with E-state index in [0.29, 0.717) is 22.8 Å². The van der Waals surface area contributed by atoms with Crippen LogP contribution in [0.2, 0.25) is 5.02 Å². The molecule has 3 aromatic heterocycles. The summed E-state index contributed by atoms with van der Waals surface area (Å²) in [4.78, 5) is 32.8. The van der Waals surface area contributed by atoms with E-state index in [1.165, 1.54) is 19.3 Å². The third-order valence-corrected chi connectivity index (χ3v) is 12.3. The number of carbonyl (C=O) groups excluding carboxylic acids is 1. The van der Waals surface area contributed by atoms with Crippen LogP contribution in [0.25, 0.3) is 22.3 Å². The van der Waals surface area contributed by atoms with Gasteiger partial charge in [-0.15, -0.1) is 0 Å². The Labute approximate surface area is 311 Å². The van der Waals surface area contributed by atoms with E-state index < -0.39 is 45.8 Å². The summed E-state index contributed by atoms with van der Waals surface area (Å²) in [5, 5.41) is 4.39. The SMILES string of the molecule is CC(C)n1cnc2cc(-c3cnc4c(c3)N(C3CC(C)(N5CCCCC5)C3)CC4(C)C)nc(Nc3cc(C(=O)NC4(C(F)F)CC4)c(Cl)c(F)c3F)c21. The van der Waals surface area contributed by atoms with Crippen molar-refractivity contribution in [1.29, 1.82) is 0 Å². The highest BCUT2D eigenvalue weighted by Gasteiger charge is 2.53. The highest BCUT2D eigenvalue weighted by molar-refractivity contribution is 6.34. The number of piperidine rings is 1. The summed E-state index contributed by atoms with van der Waals surface area (Å²) in [6.45, 7) is 13.9. The highest BCUT2D eigenvalue weighted by Crippen LogP contribution is 2.49. The van der Waals surface area contributed by atoms with Crippen molar-refractivity contribution in [2.24, 2.45) is 0 Å². The molecule has 0 radical (unpaired) electrons. The van der Waals surface area contributed by atoms with Gasteiger partial charge in [-0.05, 0) is 90.6 Å². The molecule has 2 aliphatic carbocycles. The van der Waals surface area contributed by atoms with Gasteiger partial charge in [-0.1, -0.05) is 31.9 Å². The van der Waals surface area contributed by atoms with Gasteiger partial charge in [0.25, 0.3) is 12.3 Å². The molecule has 282 valence electrons. The Hall–Kier alpha value is -3.97. The number of nitrogens with one attached hydrogen (secondary N) is 2. The second-order valence-electron chi connectivity index (χ2n) is 16.6. The van der Waals surface area contributed by atoms with Crippen LogP contribution in [0.15, 0.2) is 30.7 Å². The van der Waals surface area contributed by atoms with Gasteiger partial charge in [-0.2, -0.15) is 0 Å². The molecule has 3 fully saturated rings. The molecule has 2 N–H and O–H groups in total. The van der Waals surface area contributed by atoms with Crippen LogP contribution in [0, 0.1) is 11.6 Å². The van der Waals surface area contributed by atoms with Crippen molar-refractivity contribution in [1.82, 2.24) is 29.7 Å². The number of halogens is 5. The fourth-order valence-electron chi connectivity index (χ4n) is 8.61. The number of imidazole rings is 1. The number of aromatic nitrogens is 4. The van der Waals surface area contributed by atoms with Crippen LogP contribution in [0.5, 0.6) is 0 Å². The van der Waals surface area contributed by atoms with E-state index in [2.05, 4.69) is 52.3 Å². The Bertz CT molecular complexity index is 2100. The lowest BCUT2D eigenvalue weighted by Gasteiger charge is -2.56. The van der Waals surface area contributed by atoms with E-state index in [9.17, 15) is 13.6 Å². The predicted molar refractivity (Wildman–Crippen MR) is 198 cm³/mol. The van der Waals surface area contributed by atoms with Gasteiger partial charge in [0.05, 0.1) is 45.2 Å². The molecule has 0 unspecified atom stereocenters. The molecule has 53 heavy (non-hydrogen) atoms. The number of hydrogen-bond donors (Lipinski definition) is 2. The first-order valence-corrected chi connectivity index (χ1v) is 18.9. The number of carbonyl (C=O) groups is 1. The average molecular weight is 753 g/mol. The number of fused-ring (bicyclic) bond motifs is 2. The number of pyridine rings is 2. The van der Waals surface area contributed by atoms with E-state index in [1.807, 2.05) is 24.5 Å². The van der Waals surface area contributed by atoms with Crippen molar-refractivity contribution >= 4 is 45.7 Å². The van der Waals surface area contributed by atoms with Crippen LogP contribution in [0.3, 0.4) is 0 Å². The molecule has 5 heterocycles. The van der Waals surface area contributed by atoms with E-state index in [1.54, 1.807) is 12.5 Å². The Morgan fingerprint density at radius 1 is 1.00 bits per heavy atom. The number of nitrogens with zero attached hydrogens (tertiary/aromatic N) is 6. The lowest BCUT2D eigenvalue weighted by molar-refractivity contribution is 0.00197. The largest absolute Gasteiger partial charge is 0.366 e. The van der Waals surface area contributed by atoms with Crippen LogP contribution in [0.4, 0.5) is 34.8 Å². The summed E-state index contributed by atoms with van der Waals surface area (Å²) < 4.78 is 60.0. The summed E-state index contributed by atoms with van der Waals surface area (Å²) in [7, 11) is 0. The van der Waals surface area contributed by atoms with Crippen molar-refractivity contribution in [2.75, 3.05) is 29.9 Å². The lowest BCUT2D eigenvalue weighted by atomic mass is 9.71. The third kappa shape index (κ3) is 6.11. The first kappa shape index (κ1) is 36.0. The van der Waals surface area contributed by atoms with Gasteiger partial charge in [0.1, 0.15) is 11.1 Å². The van der Waals surface area contributed by atoms with Gasteiger partial charge in [-0.25, -0.2) is 27.5 Å². The smallest absolute Gasteiger partial charge is 0.261 e. The number of rotatable bonds is 9. The normalized spacial score (nSPS) is 23.4. The van der Waals surface area contributed by atoms with E-state index in [4.69, 9.17) is 21.6 Å². The van der Waals surface area contributed by atoms with Crippen LogP contribution in [0.1, 0.15) is 102 Å². The monoisotopic (exact) mass is 752 g/mol. The van der Waals surface area contributed by atoms with Gasteiger partial charge in [0.15, 0.2) is 17.5 Å². The highest BCUT2D eigenvalue weighted by atomic mass is 35.5. The molecule has 1 amide bonds. The number of hydrogen-bond acceptors (Lipinski definition) is 7. The molecule has 9 nitrogen and oxygen atoms in total. The zero-order valence-electron chi connectivity index (χ0n) is 30.7. The van der Waals surface area contributed by atoms with Gasteiger partial charge in [0, 0.05) is 41.3 Å². The average Bonchev–Trinajstić information content (AvgIpc) is 3.68. The van der Waals surface area contributed by atoms with E-state index >= 15 is 8.78 Å². The van der Waals surface area contributed by atoms with Gasteiger partial charge >= 0.3 is 0 Å². The Kier molecular flexibility index (Phi) is 8.71. The molecule has 8 rings (SSSR count). The van der Waals surface area contributed by atoms with Gasteiger partial charge in [-0.3, -0.25) is 14.7 Å². The topological polar surface area (TPSA) is 91.2 Å². The van der Waals surface area contributed by atoms with Crippen molar-refractivity contribution in [3.63, 3.8) is 0 Å². The first-order chi connectivity index (χ1) is 25.1. The summed E-state index contributed by atoms with van der Waals surface area (Å²) in [5.74, 6) is -3.68. The maximum absolute atomic E-state index is 15.6. The van der Waals surface area contributed by atoms with Crippen LogP contribution >= 0.6 is 11.6 Å². The van der Waals surface area contributed by atoms with Gasteiger partial charge in [0.2, 0.25) is 0 Å². The van der Waals surface area contributed by atoms with Crippen molar-refractivity contribution < 1.29 is 22.4 Å². The maximum atomic E-state index is 15.6. The molecule has 1 aromatic carbocycles. The number of alkyl halides is 2. The molecule has 2 aliphatic heterocycles. The second-order valence-corrected chi connectivity index (χ2v) is 17.0. The van der Waals surface area contributed by atoms with Crippen LogP contribution in [-0.2, 0) is 5.41 Å². The predicted octanol–water partition coefficient (Wildman–Crippen LogP) is 8.78. The molecule has 0 spiro atoms. The van der Waals surface area contributed by atoms with Gasteiger partial charge < -0.3 is 20.1 Å². The minimum atomic E-state index is -2.81. The van der Waals surface area contributed by atoms with E-state index in [0.717, 1.165) is 55.5 Å². The zero-order valence-corrected chi connectivity index (χ0v) is 31.4. The quantitative estimate of drug-likeness (QED) is 0.131. The van der Waals surface area contributed by atoms with Crippen molar-refractivity contribution in [3.05, 3.63) is 58.6 Å². The molecule has 0 bridgehead atoms. The number of benzene rings is 1. The molecule has 4 aromatic rings. The summed E-state index contributed by atoms with van der Waals surface area (Å²) >= 11 is 6.08. The summed E-state index contributed by atoms with van der Waals surface area (Å²) in [6.07, 6.45) is 6.78. The third-order valence-electron chi connectivity index (χ3n) is 11.9. The maximum Gasteiger partial charge on any atom is 0.261 e. The molecule has 1 saturated heterocycles. The van der Waals surface area contributed by atoms with Crippen molar-refractivity contribution in [2.45, 2.75) is 115 Å². The lowest BCUT2D eigenvalue weighted by Crippen LogP contribution is -2.63. The minimum Gasteiger partial charge on any atom is -0.366 e. The summed E-state index contributed by atoms with van der Waals surface area (Å²) in [5.41, 5.74) is 1.88. The molecule has 2 saturated carbocycles. The second kappa shape index (κ2) is 12.8. The standard InChI is InChI=1S/C39H45ClF4N8O/c1-21(2)52-20-46-27-15-25(22-13-28-33(45-18-22)37(3,4)19-51(28)23-16-38(5,17-23)50-11-7-6-8-12-50)47-34(32(27)52)48-26-14-24(29(40)31(42)30(26)41)35(53)49-39(9-10-39)36(43)44/h13-15,18,20-21,23,36H,6-12,16-17,19H2,1-5H3,(H,47,48)(H,49,53). The Morgan fingerprint density at radius 2 is 1.72 bits per heavy atom. The number of amides is 1. The molecular weight excluding hydrogens is 708 g/mol. The fourth-order valence-corrected chi connectivity index (χ4v) is 8.84. The molecule has 0 atom stereocenters.